The Morgan fingerprint density at radius 2 is 2.13 bits per heavy atom. The fourth-order valence-electron chi connectivity index (χ4n) is 1.39. The summed E-state index contributed by atoms with van der Waals surface area (Å²) in [7, 11) is 0. The molecule has 0 bridgehead atoms. The average molecular weight is 212 g/mol. The number of hydrogen-bond donors (Lipinski definition) is 0. The first-order chi connectivity index (χ1) is 6.80. The van der Waals surface area contributed by atoms with Crippen LogP contribution in [-0.4, -0.2) is 24.3 Å². The summed E-state index contributed by atoms with van der Waals surface area (Å²) in [6.07, 6.45) is 3.19. The van der Waals surface area contributed by atoms with E-state index in [1.165, 1.54) is 0 Å². The van der Waals surface area contributed by atoms with Crippen molar-refractivity contribution in [3.8, 4) is 0 Å². The van der Waals surface area contributed by atoms with Crippen molar-refractivity contribution in [1.29, 1.82) is 0 Å². The molecule has 1 rings (SSSR count). The van der Waals surface area contributed by atoms with Gasteiger partial charge in [0.15, 0.2) is 6.10 Å². The highest BCUT2D eigenvalue weighted by atomic mass is 16.6. The van der Waals surface area contributed by atoms with Gasteiger partial charge in [0, 0.05) is 0 Å². The van der Waals surface area contributed by atoms with Gasteiger partial charge in [-0.2, -0.15) is 0 Å². The molecule has 1 aliphatic heterocycles. The number of esters is 1. The molecule has 86 valence electrons. The number of carbonyl (C=O) groups excluding carboxylic acids is 1. The van der Waals surface area contributed by atoms with Gasteiger partial charge in [-0.3, -0.25) is 0 Å². The van der Waals surface area contributed by atoms with Crippen LogP contribution < -0.4 is 0 Å². The van der Waals surface area contributed by atoms with Crippen molar-refractivity contribution in [3.63, 3.8) is 0 Å². The molecular weight excluding hydrogens is 192 g/mol. The summed E-state index contributed by atoms with van der Waals surface area (Å²) in [5.41, 5.74) is -0.435. The summed E-state index contributed by atoms with van der Waals surface area (Å²) in [5.74, 6) is -0.304. The zero-order chi connectivity index (χ0) is 11.7. The highest BCUT2D eigenvalue weighted by molar-refractivity contribution is 5.77. The third-order valence-corrected chi connectivity index (χ3v) is 2.97. The third kappa shape index (κ3) is 2.40. The van der Waals surface area contributed by atoms with Crippen molar-refractivity contribution in [1.82, 2.24) is 0 Å². The van der Waals surface area contributed by atoms with Gasteiger partial charge >= 0.3 is 5.97 Å². The minimum Gasteiger partial charge on any atom is -0.464 e. The molecule has 0 saturated carbocycles. The number of hydrogen-bond acceptors (Lipinski definition) is 3. The van der Waals surface area contributed by atoms with E-state index in [2.05, 4.69) is 20.8 Å². The van der Waals surface area contributed by atoms with Crippen molar-refractivity contribution in [2.45, 2.75) is 46.3 Å². The van der Waals surface area contributed by atoms with E-state index < -0.39 is 11.7 Å². The molecule has 0 spiro atoms. The fraction of sp³-hybridized carbons (Fsp3) is 0.750. The average Bonchev–Trinajstić information content (AvgIpc) is 2.48. The molecule has 0 amide bonds. The molecule has 3 nitrogen and oxygen atoms in total. The molecule has 0 aliphatic carbocycles. The molecule has 0 radical (unpaired) electrons. The van der Waals surface area contributed by atoms with Crippen molar-refractivity contribution in [2.75, 3.05) is 6.61 Å². The van der Waals surface area contributed by atoms with Gasteiger partial charge in [-0.05, 0) is 25.3 Å². The molecule has 0 aromatic carbocycles. The summed E-state index contributed by atoms with van der Waals surface area (Å²) < 4.78 is 10.7. The van der Waals surface area contributed by atoms with Gasteiger partial charge < -0.3 is 9.47 Å². The SMILES string of the molecule is CCOC(=O)[C@@H]1C=CC(C)(C(C)(C)C)O1. The molecule has 1 heterocycles. The molecule has 3 heteroatoms. The van der Waals surface area contributed by atoms with Crippen LogP contribution in [0.2, 0.25) is 0 Å². The maximum atomic E-state index is 11.5. The predicted molar refractivity (Wildman–Crippen MR) is 58.5 cm³/mol. The summed E-state index contributed by atoms with van der Waals surface area (Å²) in [4.78, 5) is 11.5. The van der Waals surface area contributed by atoms with Gasteiger partial charge in [0.2, 0.25) is 0 Å². The van der Waals surface area contributed by atoms with E-state index in [0.29, 0.717) is 6.61 Å². The Hall–Kier alpha value is -0.830. The Morgan fingerprint density at radius 1 is 1.53 bits per heavy atom. The normalized spacial score (nSPS) is 30.6. The van der Waals surface area contributed by atoms with Crippen LogP contribution in [0.1, 0.15) is 34.6 Å². The second-order valence-electron chi connectivity index (χ2n) is 5.01. The molecule has 0 saturated heterocycles. The van der Waals surface area contributed by atoms with Crippen LogP contribution in [0.25, 0.3) is 0 Å². The Bertz CT molecular complexity index is 275. The predicted octanol–water partition coefficient (Wildman–Crippen LogP) is 2.31. The van der Waals surface area contributed by atoms with Crippen LogP contribution in [0.5, 0.6) is 0 Å². The van der Waals surface area contributed by atoms with Gasteiger partial charge in [0.25, 0.3) is 0 Å². The topological polar surface area (TPSA) is 35.5 Å². The standard InChI is InChI=1S/C12H20O3/c1-6-14-10(13)9-7-8-12(5,15-9)11(2,3)4/h7-9H,6H2,1-5H3/t9-,12?/m0/s1. The van der Waals surface area contributed by atoms with E-state index in [1.807, 2.05) is 13.0 Å². The van der Waals surface area contributed by atoms with Gasteiger partial charge in [-0.15, -0.1) is 0 Å². The highest BCUT2D eigenvalue weighted by Crippen LogP contribution is 2.39. The lowest BCUT2D eigenvalue weighted by atomic mass is 9.78. The molecule has 0 N–H and O–H groups in total. The molecule has 2 atom stereocenters. The van der Waals surface area contributed by atoms with Crippen molar-refractivity contribution in [2.24, 2.45) is 5.41 Å². The third-order valence-electron chi connectivity index (χ3n) is 2.97. The van der Waals surface area contributed by atoms with E-state index in [-0.39, 0.29) is 11.4 Å². The minimum absolute atomic E-state index is 0.0370. The van der Waals surface area contributed by atoms with Gasteiger partial charge in [-0.25, -0.2) is 4.79 Å². The monoisotopic (exact) mass is 212 g/mol. The quantitative estimate of drug-likeness (QED) is 0.520. The van der Waals surface area contributed by atoms with E-state index in [4.69, 9.17) is 9.47 Å². The molecule has 15 heavy (non-hydrogen) atoms. The summed E-state index contributed by atoms with van der Waals surface area (Å²) in [6, 6.07) is 0. The van der Waals surface area contributed by atoms with Gasteiger partial charge in [-0.1, -0.05) is 26.8 Å². The minimum atomic E-state index is -0.547. The summed E-state index contributed by atoms with van der Waals surface area (Å²) in [6.45, 7) is 10.4. The molecular formula is C12H20O3. The van der Waals surface area contributed by atoms with E-state index in [0.717, 1.165) is 0 Å². The Kier molecular flexibility index (Phi) is 3.24. The van der Waals surface area contributed by atoms with Crippen molar-refractivity contribution >= 4 is 5.97 Å². The first kappa shape index (κ1) is 12.2. The fourth-order valence-corrected chi connectivity index (χ4v) is 1.39. The zero-order valence-electron chi connectivity index (χ0n) is 10.2. The van der Waals surface area contributed by atoms with Crippen molar-refractivity contribution in [3.05, 3.63) is 12.2 Å². The molecule has 1 aliphatic rings. The molecule has 0 aromatic heterocycles. The zero-order valence-corrected chi connectivity index (χ0v) is 10.2. The Balaban J connectivity index is 2.69. The van der Waals surface area contributed by atoms with Gasteiger partial charge in [0.1, 0.15) is 0 Å². The maximum Gasteiger partial charge on any atom is 0.339 e. The Morgan fingerprint density at radius 3 is 2.53 bits per heavy atom. The summed E-state index contributed by atoms with van der Waals surface area (Å²) in [5, 5.41) is 0. The lowest BCUT2D eigenvalue weighted by Gasteiger charge is -2.37. The molecule has 1 unspecified atom stereocenters. The lowest BCUT2D eigenvalue weighted by molar-refractivity contribution is -0.163. The van der Waals surface area contributed by atoms with Crippen LogP contribution in [0.3, 0.4) is 0 Å². The highest BCUT2D eigenvalue weighted by Gasteiger charge is 2.43. The first-order valence-electron chi connectivity index (χ1n) is 5.34. The maximum absolute atomic E-state index is 11.5. The van der Waals surface area contributed by atoms with E-state index in [9.17, 15) is 4.79 Å². The smallest absolute Gasteiger partial charge is 0.339 e. The van der Waals surface area contributed by atoms with Crippen molar-refractivity contribution < 1.29 is 14.3 Å². The summed E-state index contributed by atoms with van der Waals surface area (Å²) >= 11 is 0. The second kappa shape index (κ2) is 3.97. The van der Waals surface area contributed by atoms with Crippen LogP contribution in [0.4, 0.5) is 0 Å². The number of carbonyl (C=O) groups is 1. The molecule has 0 aromatic rings. The van der Waals surface area contributed by atoms with Crippen LogP contribution >= 0.6 is 0 Å². The van der Waals surface area contributed by atoms with Crippen LogP contribution in [0.15, 0.2) is 12.2 Å². The largest absolute Gasteiger partial charge is 0.464 e. The van der Waals surface area contributed by atoms with Crippen LogP contribution in [0, 0.1) is 5.41 Å². The molecule has 0 fully saturated rings. The van der Waals surface area contributed by atoms with Gasteiger partial charge in [0.05, 0.1) is 12.2 Å². The van der Waals surface area contributed by atoms with Crippen LogP contribution in [-0.2, 0) is 14.3 Å². The number of ether oxygens (including phenoxy) is 2. The second-order valence-corrected chi connectivity index (χ2v) is 5.01. The first-order valence-corrected chi connectivity index (χ1v) is 5.34. The van der Waals surface area contributed by atoms with E-state index >= 15 is 0 Å². The Labute approximate surface area is 91.4 Å². The number of rotatable bonds is 2. The van der Waals surface area contributed by atoms with E-state index in [1.54, 1.807) is 13.0 Å². The lowest BCUT2D eigenvalue weighted by Crippen LogP contribution is -2.41.